The first-order chi connectivity index (χ1) is 8.21. The molecule has 3 heteroatoms. The Balaban J connectivity index is 2.78. The highest BCUT2D eigenvalue weighted by atomic mass is 16.1. The molecule has 1 N–H and O–H groups in total. The van der Waals surface area contributed by atoms with E-state index in [2.05, 4.69) is 38.0 Å². The zero-order valence-corrected chi connectivity index (χ0v) is 12.2. The molecule has 1 rings (SSSR count). The minimum absolute atomic E-state index is 0.00178. The monoisotopic (exact) mass is 248 g/mol. The average molecular weight is 248 g/mol. The second-order valence-corrected chi connectivity index (χ2v) is 5.92. The van der Waals surface area contributed by atoms with Gasteiger partial charge in [0.05, 0.1) is 0 Å². The fourth-order valence-electron chi connectivity index (χ4n) is 1.44. The lowest BCUT2D eigenvalue weighted by Crippen LogP contribution is -2.37. The number of rotatable bonds is 3. The summed E-state index contributed by atoms with van der Waals surface area (Å²) in [6, 6.07) is 7.94. The Morgan fingerprint density at radius 2 is 1.67 bits per heavy atom. The van der Waals surface area contributed by atoms with Crippen LogP contribution in [0.1, 0.15) is 34.6 Å². The maximum absolute atomic E-state index is 11.6. The summed E-state index contributed by atoms with van der Waals surface area (Å²) in [7, 11) is 2.07. The van der Waals surface area contributed by atoms with E-state index in [4.69, 9.17) is 0 Å². The maximum Gasteiger partial charge on any atom is 0.226 e. The maximum atomic E-state index is 11.6. The molecule has 1 aromatic rings. The average Bonchev–Trinajstić information content (AvgIpc) is 2.27. The Hall–Kier alpha value is -1.51. The molecule has 3 nitrogen and oxygen atoms in total. The molecule has 0 atom stereocenters. The van der Waals surface area contributed by atoms with Crippen LogP contribution < -0.4 is 10.2 Å². The highest BCUT2D eigenvalue weighted by molar-refractivity contribution is 5.92. The first-order valence-electron chi connectivity index (χ1n) is 6.36. The summed E-state index contributed by atoms with van der Waals surface area (Å²) in [6.07, 6.45) is 0. The molecule has 0 aliphatic rings. The highest BCUT2D eigenvalue weighted by Gasteiger charge is 2.17. The number of hydrogen-bond acceptors (Lipinski definition) is 2. The van der Waals surface area contributed by atoms with Crippen LogP contribution in [0.3, 0.4) is 0 Å². The van der Waals surface area contributed by atoms with Crippen LogP contribution >= 0.6 is 0 Å². The summed E-state index contributed by atoms with van der Waals surface area (Å²) < 4.78 is 0. The number of carbonyl (C=O) groups excluding carboxylic acids is 1. The SMILES string of the molecule is CC(C)C(=O)Nc1ccc(N(C)C(C)(C)C)cc1. The smallest absolute Gasteiger partial charge is 0.226 e. The van der Waals surface area contributed by atoms with Gasteiger partial charge in [0.15, 0.2) is 0 Å². The second kappa shape index (κ2) is 5.42. The summed E-state index contributed by atoms with van der Waals surface area (Å²) in [5, 5.41) is 2.89. The lowest BCUT2D eigenvalue weighted by atomic mass is 10.1. The fraction of sp³-hybridized carbons (Fsp3) is 0.533. The standard InChI is InChI=1S/C15H24N2O/c1-11(2)14(18)16-12-7-9-13(10-8-12)17(6)15(3,4)5/h7-11H,1-6H3,(H,16,18). The largest absolute Gasteiger partial charge is 0.370 e. The predicted molar refractivity (Wildman–Crippen MR) is 78.1 cm³/mol. The fourth-order valence-corrected chi connectivity index (χ4v) is 1.44. The van der Waals surface area contributed by atoms with Crippen LogP contribution in [0, 0.1) is 5.92 Å². The van der Waals surface area contributed by atoms with Crippen molar-refractivity contribution in [3.05, 3.63) is 24.3 Å². The van der Waals surface area contributed by atoms with Crippen LogP contribution in [0.25, 0.3) is 0 Å². The number of amides is 1. The molecule has 0 radical (unpaired) electrons. The molecule has 0 aliphatic heterocycles. The summed E-state index contributed by atoms with van der Waals surface area (Å²) >= 11 is 0. The van der Waals surface area contributed by atoms with Gasteiger partial charge in [-0.05, 0) is 45.0 Å². The van der Waals surface area contributed by atoms with E-state index in [9.17, 15) is 4.79 Å². The third-order valence-corrected chi connectivity index (χ3v) is 3.05. The molecule has 1 aromatic carbocycles. The van der Waals surface area contributed by atoms with Gasteiger partial charge in [-0.1, -0.05) is 13.8 Å². The first kappa shape index (κ1) is 14.6. The zero-order valence-electron chi connectivity index (χ0n) is 12.2. The van der Waals surface area contributed by atoms with Crippen molar-refractivity contribution in [3.63, 3.8) is 0 Å². The second-order valence-electron chi connectivity index (χ2n) is 5.92. The Morgan fingerprint density at radius 1 is 1.17 bits per heavy atom. The molecule has 0 heterocycles. The zero-order chi connectivity index (χ0) is 13.9. The van der Waals surface area contributed by atoms with Gasteiger partial charge >= 0.3 is 0 Å². The molecule has 0 bridgehead atoms. The molecule has 0 unspecified atom stereocenters. The summed E-state index contributed by atoms with van der Waals surface area (Å²) in [5.41, 5.74) is 2.08. The normalized spacial score (nSPS) is 11.5. The van der Waals surface area contributed by atoms with Crippen LogP contribution in [0.15, 0.2) is 24.3 Å². The van der Waals surface area contributed by atoms with Gasteiger partial charge in [-0.25, -0.2) is 0 Å². The molecule has 100 valence electrons. The Kier molecular flexibility index (Phi) is 4.38. The van der Waals surface area contributed by atoms with Crippen molar-refractivity contribution in [1.82, 2.24) is 0 Å². The van der Waals surface area contributed by atoms with E-state index in [-0.39, 0.29) is 17.4 Å². The lowest BCUT2D eigenvalue weighted by Gasteiger charge is -2.34. The predicted octanol–water partition coefficient (Wildman–Crippen LogP) is 3.52. The van der Waals surface area contributed by atoms with Gasteiger partial charge in [0.25, 0.3) is 0 Å². The van der Waals surface area contributed by atoms with Gasteiger partial charge in [-0.15, -0.1) is 0 Å². The number of nitrogens with zero attached hydrogens (tertiary/aromatic N) is 1. The van der Waals surface area contributed by atoms with E-state index in [0.717, 1.165) is 11.4 Å². The minimum Gasteiger partial charge on any atom is -0.370 e. The van der Waals surface area contributed by atoms with Crippen LogP contribution in [-0.2, 0) is 4.79 Å². The quantitative estimate of drug-likeness (QED) is 0.887. The first-order valence-corrected chi connectivity index (χ1v) is 6.36. The van der Waals surface area contributed by atoms with Crippen molar-refractivity contribution in [3.8, 4) is 0 Å². The van der Waals surface area contributed by atoms with Crippen molar-refractivity contribution in [2.24, 2.45) is 5.92 Å². The number of hydrogen-bond donors (Lipinski definition) is 1. The Bertz CT molecular complexity index is 401. The number of nitrogens with one attached hydrogen (secondary N) is 1. The highest BCUT2D eigenvalue weighted by Crippen LogP contribution is 2.23. The van der Waals surface area contributed by atoms with Gasteiger partial charge < -0.3 is 10.2 Å². The third kappa shape index (κ3) is 3.76. The van der Waals surface area contributed by atoms with Crippen molar-refractivity contribution < 1.29 is 4.79 Å². The van der Waals surface area contributed by atoms with Crippen molar-refractivity contribution in [2.75, 3.05) is 17.3 Å². The molecule has 0 aliphatic carbocycles. The van der Waals surface area contributed by atoms with E-state index in [1.807, 2.05) is 38.1 Å². The molecule has 0 aromatic heterocycles. The van der Waals surface area contributed by atoms with E-state index in [1.54, 1.807) is 0 Å². The van der Waals surface area contributed by atoms with Crippen LogP contribution in [-0.4, -0.2) is 18.5 Å². The van der Waals surface area contributed by atoms with Gasteiger partial charge in [0.2, 0.25) is 5.91 Å². The molecular formula is C15H24N2O. The molecular weight excluding hydrogens is 224 g/mol. The van der Waals surface area contributed by atoms with Gasteiger partial charge in [0.1, 0.15) is 0 Å². The van der Waals surface area contributed by atoms with Gasteiger partial charge in [0, 0.05) is 29.9 Å². The van der Waals surface area contributed by atoms with Gasteiger partial charge in [-0.2, -0.15) is 0 Å². The number of carbonyl (C=O) groups is 1. The number of anilines is 2. The van der Waals surface area contributed by atoms with E-state index in [0.29, 0.717) is 0 Å². The number of benzene rings is 1. The van der Waals surface area contributed by atoms with Crippen molar-refractivity contribution >= 4 is 17.3 Å². The summed E-state index contributed by atoms with van der Waals surface area (Å²) in [5.74, 6) is 0.0499. The van der Waals surface area contributed by atoms with Crippen molar-refractivity contribution in [2.45, 2.75) is 40.2 Å². The third-order valence-electron chi connectivity index (χ3n) is 3.05. The lowest BCUT2D eigenvalue weighted by molar-refractivity contribution is -0.118. The molecule has 18 heavy (non-hydrogen) atoms. The summed E-state index contributed by atoms with van der Waals surface area (Å²) in [4.78, 5) is 13.8. The minimum atomic E-state index is 0.00178. The van der Waals surface area contributed by atoms with E-state index < -0.39 is 0 Å². The van der Waals surface area contributed by atoms with Crippen LogP contribution in [0.2, 0.25) is 0 Å². The topological polar surface area (TPSA) is 32.3 Å². The van der Waals surface area contributed by atoms with Crippen LogP contribution in [0.4, 0.5) is 11.4 Å². The van der Waals surface area contributed by atoms with Gasteiger partial charge in [-0.3, -0.25) is 4.79 Å². The Labute approximate surface area is 110 Å². The summed E-state index contributed by atoms with van der Waals surface area (Å²) in [6.45, 7) is 10.3. The molecule has 0 saturated carbocycles. The Morgan fingerprint density at radius 3 is 2.06 bits per heavy atom. The van der Waals surface area contributed by atoms with E-state index >= 15 is 0 Å². The molecule has 1 amide bonds. The molecule has 0 saturated heterocycles. The molecule has 0 fully saturated rings. The van der Waals surface area contributed by atoms with Crippen molar-refractivity contribution in [1.29, 1.82) is 0 Å². The van der Waals surface area contributed by atoms with E-state index in [1.165, 1.54) is 0 Å². The van der Waals surface area contributed by atoms with Crippen LogP contribution in [0.5, 0.6) is 0 Å². The molecule has 0 spiro atoms.